The third-order valence-electron chi connectivity index (χ3n) is 2.95. The van der Waals surface area contributed by atoms with Crippen molar-refractivity contribution in [2.75, 3.05) is 18.8 Å². The first kappa shape index (κ1) is 26.1. The maximum atomic E-state index is 13.6. The summed E-state index contributed by atoms with van der Waals surface area (Å²) in [4.78, 5) is 0. The molecule has 0 saturated heterocycles. The van der Waals surface area contributed by atoms with Gasteiger partial charge in [0.25, 0.3) is 20.1 Å². The van der Waals surface area contributed by atoms with E-state index in [0.29, 0.717) is 6.92 Å². The van der Waals surface area contributed by atoms with Crippen LogP contribution in [0.5, 0.6) is 0 Å². The fourth-order valence-corrected chi connectivity index (χ4v) is 3.69. The first-order chi connectivity index (χ1) is 11.6. The summed E-state index contributed by atoms with van der Waals surface area (Å²) in [7, 11) is -12.0. The Morgan fingerprint density at radius 2 is 1.30 bits per heavy atom. The number of hydrogen-bond acceptors (Lipinski definition) is 5. The summed E-state index contributed by atoms with van der Waals surface area (Å²) >= 11 is 0. The Bertz CT molecular complexity index is 733. The van der Waals surface area contributed by atoms with Gasteiger partial charge in [0, 0.05) is 13.1 Å². The molecule has 18 heteroatoms. The third kappa shape index (κ3) is 4.96. The van der Waals surface area contributed by atoms with Gasteiger partial charge in [-0.2, -0.15) is 52.2 Å². The van der Waals surface area contributed by atoms with Crippen molar-refractivity contribution in [3.05, 3.63) is 0 Å². The summed E-state index contributed by atoms with van der Waals surface area (Å²) < 4.78 is 167. The maximum Gasteiger partial charge on any atom is 0.460 e. The molecule has 0 aromatic carbocycles. The van der Waals surface area contributed by atoms with Crippen LogP contribution in [0.1, 0.15) is 6.92 Å². The van der Waals surface area contributed by atoms with Gasteiger partial charge in [0.1, 0.15) is 5.75 Å². The normalized spacial score (nSPS) is 16.6. The molecule has 0 heterocycles. The molecule has 0 aromatic heterocycles. The van der Waals surface area contributed by atoms with Gasteiger partial charge in [-0.05, 0) is 0 Å². The Morgan fingerprint density at radius 3 is 1.59 bits per heavy atom. The molecule has 7 nitrogen and oxygen atoms in total. The molecule has 164 valence electrons. The fraction of sp³-hybridized carbons (Fsp3) is 1.00. The number of aliphatic hydroxyl groups is 1. The third-order valence-corrected chi connectivity index (χ3v) is 5.75. The minimum atomic E-state index is -7.46. The molecule has 0 bridgehead atoms. The van der Waals surface area contributed by atoms with E-state index in [1.165, 1.54) is 0 Å². The highest BCUT2D eigenvalue weighted by molar-refractivity contribution is 7.90. The van der Waals surface area contributed by atoms with Gasteiger partial charge in [-0.3, -0.25) is 4.55 Å². The van der Waals surface area contributed by atoms with Gasteiger partial charge >= 0.3 is 23.3 Å². The SMILES string of the molecule is CCN(CC(O)CS(=O)(=O)O)S(=O)(=O)C(F)(F)C(F)(F)C(F)(F)C(F)(F)F. The summed E-state index contributed by atoms with van der Waals surface area (Å²) in [5, 5.41) is 2.19. The van der Waals surface area contributed by atoms with Gasteiger partial charge in [-0.1, -0.05) is 6.92 Å². The minimum absolute atomic E-state index is 0.647. The summed E-state index contributed by atoms with van der Waals surface area (Å²) in [6.07, 6.45) is -9.74. The average Bonchev–Trinajstić information content (AvgIpc) is 2.40. The van der Waals surface area contributed by atoms with Gasteiger partial charge in [-0.15, -0.1) is 0 Å². The van der Waals surface area contributed by atoms with Crippen molar-refractivity contribution in [1.82, 2.24) is 4.31 Å². The Hall–Kier alpha value is -0.850. The molecule has 0 fully saturated rings. The molecule has 1 atom stereocenters. The van der Waals surface area contributed by atoms with Gasteiger partial charge in [0.15, 0.2) is 0 Å². The van der Waals surface area contributed by atoms with E-state index < -0.39 is 72.7 Å². The molecule has 1 unspecified atom stereocenters. The quantitative estimate of drug-likeness (QED) is 0.393. The molecule has 0 radical (unpaired) electrons. The van der Waals surface area contributed by atoms with E-state index in [-0.39, 0.29) is 0 Å². The Balaban J connectivity index is 6.07. The molecular weight excluding hydrogens is 453 g/mol. The van der Waals surface area contributed by atoms with E-state index in [1.54, 1.807) is 0 Å². The predicted molar refractivity (Wildman–Crippen MR) is 69.5 cm³/mol. The van der Waals surface area contributed by atoms with Gasteiger partial charge in [-0.25, -0.2) is 8.42 Å². The number of halogens is 9. The van der Waals surface area contributed by atoms with Crippen LogP contribution in [-0.2, 0) is 20.1 Å². The van der Waals surface area contributed by atoms with Gasteiger partial charge < -0.3 is 5.11 Å². The summed E-state index contributed by atoms with van der Waals surface area (Å²) in [5.74, 6) is -16.6. The van der Waals surface area contributed by atoms with Crippen molar-refractivity contribution in [3.63, 3.8) is 0 Å². The summed E-state index contributed by atoms with van der Waals surface area (Å²) in [6, 6.07) is 0. The molecule has 0 amide bonds. The molecule has 0 aliphatic heterocycles. The number of rotatable bonds is 9. The van der Waals surface area contributed by atoms with Crippen LogP contribution in [0.15, 0.2) is 0 Å². The van der Waals surface area contributed by atoms with Gasteiger partial charge in [0.05, 0.1) is 6.10 Å². The topological polar surface area (TPSA) is 112 Å². The largest absolute Gasteiger partial charge is 0.460 e. The molecular formula is C9H12F9NO6S2. The lowest BCUT2D eigenvalue weighted by Gasteiger charge is -2.35. The molecule has 0 rings (SSSR count). The fourth-order valence-electron chi connectivity index (χ4n) is 1.61. The number of aliphatic hydroxyl groups excluding tert-OH is 1. The van der Waals surface area contributed by atoms with Crippen LogP contribution in [0.25, 0.3) is 0 Å². The van der Waals surface area contributed by atoms with Crippen molar-refractivity contribution in [2.24, 2.45) is 0 Å². The van der Waals surface area contributed by atoms with Crippen LogP contribution in [-0.4, -0.2) is 79.0 Å². The summed E-state index contributed by atoms with van der Waals surface area (Å²) in [5.41, 5.74) is 0. The predicted octanol–water partition coefficient (Wildman–Crippen LogP) is 1.31. The van der Waals surface area contributed by atoms with Crippen molar-refractivity contribution in [1.29, 1.82) is 0 Å². The number of alkyl halides is 9. The van der Waals surface area contributed by atoms with Crippen LogP contribution < -0.4 is 0 Å². The number of nitrogens with zero attached hydrogens (tertiary/aromatic N) is 1. The molecule has 2 N–H and O–H groups in total. The highest BCUT2D eigenvalue weighted by Crippen LogP contribution is 2.55. The Kier molecular flexibility index (Phi) is 7.29. The zero-order valence-electron chi connectivity index (χ0n) is 12.9. The number of likely N-dealkylation sites (N-methyl/N-ethyl adjacent to an activating group) is 1. The first-order valence-electron chi connectivity index (χ1n) is 6.39. The van der Waals surface area contributed by atoms with E-state index in [0.717, 1.165) is 0 Å². The lowest BCUT2D eigenvalue weighted by atomic mass is 10.1. The zero-order chi connectivity index (χ0) is 22.3. The van der Waals surface area contributed by atoms with Crippen LogP contribution >= 0.6 is 0 Å². The summed E-state index contributed by atoms with van der Waals surface area (Å²) in [6.45, 7) is -2.34. The van der Waals surface area contributed by atoms with Crippen LogP contribution in [0.2, 0.25) is 0 Å². The van der Waals surface area contributed by atoms with Crippen molar-refractivity contribution in [3.8, 4) is 0 Å². The molecule has 0 spiro atoms. The number of sulfonamides is 1. The van der Waals surface area contributed by atoms with Crippen molar-refractivity contribution >= 4 is 20.1 Å². The minimum Gasteiger partial charge on any atom is -0.391 e. The first-order valence-corrected chi connectivity index (χ1v) is 9.44. The standard InChI is InChI=1S/C9H12F9NO6S2/c1-2-19(3-5(20)4-26(21,22)23)27(24,25)9(17,18)7(12,13)6(10,11)8(14,15)16/h5,20H,2-4H2,1H3,(H,21,22,23). The van der Waals surface area contributed by atoms with Crippen LogP contribution in [0.4, 0.5) is 39.5 Å². The van der Waals surface area contributed by atoms with Crippen molar-refractivity contribution < 1.29 is 66.0 Å². The van der Waals surface area contributed by atoms with Crippen LogP contribution in [0, 0.1) is 0 Å². The maximum absolute atomic E-state index is 13.6. The van der Waals surface area contributed by atoms with E-state index in [9.17, 15) is 61.5 Å². The molecule has 0 aromatic rings. The van der Waals surface area contributed by atoms with Gasteiger partial charge in [0.2, 0.25) is 0 Å². The van der Waals surface area contributed by atoms with E-state index in [2.05, 4.69) is 0 Å². The second-order valence-electron chi connectivity index (χ2n) is 5.02. The Labute approximate surface area is 146 Å². The highest BCUT2D eigenvalue weighted by Gasteiger charge is 2.85. The second kappa shape index (κ2) is 7.53. The second-order valence-corrected chi connectivity index (χ2v) is 8.50. The average molecular weight is 465 g/mol. The molecule has 0 aliphatic rings. The molecule has 27 heavy (non-hydrogen) atoms. The highest BCUT2D eigenvalue weighted by atomic mass is 32.2. The lowest BCUT2D eigenvalue weighted by molar-refractivity contribution is -0.382. The zero-order valence-corrected chi connectivity index (χ0v) is 14.5. The van der Waals surface area contributed by atoms with Crippen LogP contribution in [0.3, 0.4) is 0 Å². The monoisotopic (exact) mass is 465 g/mol. The van der Waals surface area contributed by atoms with E-state index >= 15 is 0 Å². The number of hydrogen-bond donors (Lipinski definition) is 2. The smallest absolute Gasteiger partial charge is 0.391 e. The Morgan fingerprint density at radius 1 is 0.889 bits per heavy atom. The van der Waals surface area contributed by atoms with Crippen molar-refractivity contribution in [2.45, 2.75) is 36.3 Å². The van der Waals surface area contributed by atoms with E-state index in [4.69, 9.17) is 4.55 Å². The molecule has 0 saturated carbocycles. The molecule has 0 aliphatic carbocycles. The van der Waals surface area contributed by atoms with E-state index in [1.807, 2.05) is 0 Å². The lowest BCUT2D eigenvalue weighted by Crippen LogP contribution is -2.65.